The Morgan fingerprint density at radius 3 is 2.28 bits per heavy atom. The second-order valence-electron chi connectivity index (χ2n) is 6.38. The molecule has 8 heteroatoms. The lowest BCUT2D eigenvalue weighted by Gasteiger charge is -2.19. The molecule has 152 valence electrons. The smallest absolute Gasteiger partial charge is 0.241 e. The molecule has 0 saturated carbocycles. The Balaban J connectivity index is 2.00. The summed E-state index contributed by atoms with van der Waals surface area (Å²) >= 11 is 0. The molecule has 1 N–H and O–H groups in total. The van der Waals surface area contributed by atoms with Gasteiger partial charge in [-0.25, -0.2) is 26.3 Å². The minimum absolute atomic E-state index is 0.0136. The van der Waals surface area contributed by atoms with E-state index in [0.717, 1.165) is 18.2 Å². The van der Waals surface area contributed by atoms with Crippen molar-refractivity contribution in [2.45, 2.75) is 17.9 Å². The second kappa shape index (κ2) is 8.26. The number of ether oxygens (including phenoxy) is 1. The second-order valence-corrected chi connectivity index (χ2v) is 8.09. The van der Waals surface area contributed by atoms with E-state index in [-0.39, 0.29) is 16.0 Å². The zero-order valence-electron chi connectivity index (χ0n) is 15.6. The highest BCUT2D eigenvalue weighted by molar-refractivity contribution is 7.89. The summed E-state index contributed by atoms with van der Waals surface area (Å²) in [5.41, 5.74) is 0.431. The highest BCUT2D eigenvalue weighted by Gasteiger charge is 2.22. The molecule has 3 rings (SSSR count). The van der Waals surface area contributed by atoms with E-state index in [0.29, 0.717) is 17.4 Å². The van der Waals surface area contributed by atoms with E-state index >= 15 is 0 Å². The lowest BCUT2D eigenvalue weighted by Crippen LogP contribution is -2.27. The first kappa shape index (κ1) is 20.9. The van der Waals surface area contributed by atoms with Crippen LogP contribution in [-0.4, -0.2) is 15.5 Å². The van der Waals surface area contributed by atoms with Crippen LogP contribution in [0.1, 0.15) is 18.5 Å². The summed E-state index contributed by atoms with van der Waals surface area (Å²) in [6, 6.07) is 11.6. The molecule has 1 atom stereocenters. The average molecular weight is 421 g/mol. The average Bonchev–Trinajstić information content (AvgIpc) is 2.67. The quantitative estimate of drug-likeness (QED) is 0.621. The lowest BCUT2D eigenvalue weighted by molar-refractivity contribution is 0.413. The van der Waals surface area contributed by atoms with Gasteiger partial charge in [0, 0.05) is 23.7 Å². The van der Waals surface area contributed by atoms with Crippen molar-refractivity contribution in [3.05, 3.63) is 83.7 Å². The largest absolute Gasteiger partial charge is 0.497 e. The van der Waals surface area contributed by atoms with E-state index in [1.165, 1.54) is 37.4 Å². The van der Waals surface area contributed by atoms with Crippen molar-refractivity contribution in [3.8, 4) is 16.9 Å². The van der Waals surface area contributed by atoms with Gasteiger partial charge in [0.15, 0.2) is 0 Å². The first-order valence-electron chi connectivity index (χ1n) is 8.62. The molecule has 0 fully saturated rings. The van der Waals surface area contributed by atoms with E-state index in [1.54, 1.807) is 13.0 Å². The van der Waals surface area contributed by atoms with Crippen LogP contribution in [0.3, 0.4) is 0 Å². The van der Waals surface area contributed by atoms with Crippen LogP contribution in [0, 0.1) is 17.5 Å². The van der Waals surface area contributed by atoms with Gasteiger partial charge >= 0.3 is 0 Å². The predicted octanol–water partition coefficient (Wildman–Crippen LogP) is 4.82. The van der Waals surface area contributed by atoms with Gasteiger partial charge < -0.3 is 4.74 Å². The third-order valence-corrected chi connectivity index (χ3v) is 5.92. The van der Waals surface area contributed by atoms with Crippen molar-refractivity contribution in [2.75, 3.05) is 7.11 Å². The van der Waals surface area contributed by atoms with Gasteiger partial charge in [-0.1, -0.05) is 12.1 Å². The molecule has 0 amide bonds. The highest BCUT2D eigenvalue weighted by Crippen LogP contribution is 2.32. The Bertz CT molecular complexity index is 1150. The predicted molar refractivity (Wildman–Crippen MR) is 103 cm³/mol. The van der Waals surface area contributed by atoms with Crippen LogP contribution in [0.4, 0.5) is 13.2 Å². The molecule has 1 unspecified atom stereocenters. The third kappa shape index (κ3) is 4.60. The minimum Gasteiger partial charge on any atom is -0.497 e. The maximum Gasteiger partial charge on any atom is 0.241 e. The number of nitrogens with one attached hydrogen (secondary N) is 1. The number of benzene rings is 3. The molecular formula is C21H18F3NO3S. The Hall–Kier alpha value is -2.84. The van der Waals surface area contributed by atoms with Crippen LogP contribution >= 0.6 is 0 Å². The Morgan fingerprint density at radius 2 is 1.59 bits per heavy atom. The Labute approximate surface area is 167 Å². The van der Waals surface area contributed by atoms with E-state index in [4.69, 9.17) is 4.74 Å². The number of halogens is 3. The molecule has 0 radical (unpaired) electrons. The summed E-state index contributed by atoms with van der Waals surface area (Å²) < 4.78 is 74.4. The molecule has 3 aromatic rings. The van der Waals surface area contributed by atoms with Gasteiger partial charge in [0.2, 0.25) is 10.0 Å². The number of methoxy groups -OCH3 is 1. The third-order valence-electron chi connectivity index (χ3n) is 4.39. The molecule has 0 aliphatic heterocycles. The van der Waals surface area contributed by atoms with Crippen molar-refractivity contribution < 1.29 is 26.3 Å². The van der Waals surface area contributed by atoms with Crippen LogP contribution in [0.5, 0.6) is 5.75 Å². The summed E-state index contributed by atoms with van der Waals surface area (Å²) in [6.07, 6.45) is 0. The van der Waals surface area contributed by atoms with Gasteiger partial charge in [-0.05, 0) is 54.4 Å². The Morgan fingerprint density at radius 1 is 0.897 bits per heavy atom. The van der Waals surface area contributed by atoms with Crippen molar-refractivity contribution >= 4 is 10.0 Å². The molecule has 3 aromatic carbocycles. The number of hydrogen-bond donors (Lipinski definition) is 1. The standard InChI is InChI=1S/C21H18F3NO3S/c1-13(25-29(26,27)17-5-3-4-16(12-17)28-2)18-8-6-14(22)10-20(18)19-9-7-15(23)11-21(19)24/h3-13,25H,1-2H3. The molecule has 0 aromatic heterocycles. The normalized spacial score (nSPS) is 12.6. The van der Waals surface area contributed by atoms with Crippen molar-refractivity contribution in [1.29, 1.82) is 0 Å². The van der Waals surface area contributed by atoms with E-state index in [1.807, 2.05) is 0 Å². The molecular weight excluding hydrogens is 403 g/mol. The van der Waals surface area contributed by atoms with Gasteiger partial charge in [-0.15, -0.1) is 0 Å². The van der Waals surface area contributed by atoms with Crippen LogP contribution in [0.2, 0.25) is 0 Å². The number of hydrogen-bond acceptors (Lipinski definition) is 3. The summed E-state index contributed by atoms with van der Waals surface area (Å²) in [7, 11) is -2.52. The van der Waals surface area contributed by atoms with Gasteiger partial charge in [0.1, 0.15) is 23.2 Å². The fourth-order valence-corrected chi connectivity index (χ4v) is 4.24. The topological polar surface area (TPSA) is 55.4 Å². The zero-order chi connectivity index (χ0) is 21.2. The first-order valence-corrected chi connectivity index (χ1v) is 10.1. The maximum absolute atomic E-state index is 14.3. The van der Waals surface area contributed by atoms with E-state index in [2.05, 4.69) is 4.72 Å². The fourth-order valence-electron chi connectivity index (χ4n) is 2.98. The van der Waals surface area contributed by atoms with Crippen molar-refractivity contribution in [3.63, 3.8) is 0 Å². The van der Waals surface area contributed by atoms with Gasteiger partial charge in [0.25, 0.3) is 0 Å². The van der Waals surface area contributed by atoms with E-state index < -0.39 is 33.5 Å². The Kier molecular flexibility index (Phi) is 5.95. The molecule has 0 bridgehead atoms. The summed E-state index contributed by atoms with van der Waals surface area (Å²) in [6.45, 7) is 1.55. The van der Waals surface area contributed by atoms with Gasteiger partial charge in [0.05, 0.1) is 12.0 Å². The minimum atomic E-state index is -3.94. The van der Waals surface area contributed by atoms with Crippen molar-refractivity contribution in [2.24, 2.45) is 0 Å². The van der Waals surface area contributed by atoms with E-state index in [9.17, 15) is 21.6 Å². The molecule has 4 nitrogen and oxygen atoms in total. The number of rotatable bonds is 6. The molecule has 0 aliphatic rings. The summed E-state index contributed by atoms with van der Waals surface area (Å²) in [5.74, 6) is -1.90. The zero-order valence-corrected chi connectivity index (χ0v) is 16.4. The van der Waals surface area contributed by atoms with Crippen molar-refractivity contribution in [1.82, 2.24) is 4.72 Å². The molecule has 0 heterocycles. The molecule has 0 spiro atoms. The first-order chi connectivity index (χ1) is 13.7. The SMILES string of the molecule is COc1cccc(S(=O)(=O)NC(C)c2ccc(F)cc2-c2ccc(F)cc2F)c1. The fraction of sp³-hybridized carbons (Fsp3) is 0.143. The van der Waals surface area contributed by atoms with Crippen LogP contribution < -0.4 is 9.46 Å². The van der Waals surface area contributed by atoms with Crippen LogP contribution in [0.15, 0.2) is 65.6 Å². The monoisotopic (exact) mass is 421 g/mol. The lowest BCUT2D eigenvalue weighted by atomic mass is 9.95. The molecule has 0 aliphatic carbocycles. The number of sulfonamides is 1. The van der Waals surface area contributed by atoms with Crippen LogP contribution in [-0.2, 0) is 10.0 Å². The summed E-state index contributed by atoms with van der Waals surface area (Å²) in [5, 5.41) is 0. The van der Waals surface area contributed by atoms with Crippen LogP contribution in [0.25, 0.3) is 11.1 Å². The molecule has 0 saturated heterocycles. The molecule has 29 heavy (non-hydrogen) atoms. The summed E-state index contributed by atoms with van der Waals surface area (Å²) in [4.78, 5) is -0.0136. The maximum atomic E-state index is 14.3. The van der Waals surface area contributed by atoms with Gasteiger partial charge in [-0.2, -0.15) is 0 Å². The van der Waals surface area contributed by atoms with Gasteiger partial charge in [-0.3, -0.25) is 0 Å². The highest BCUT2D eigenvalue weighted by atomic mass is 32.2.